The number of allylic oxidation sites excluding steroid dienone is 3. The van der Waals surface area contributed by atoms with E-state index >= 15 is 0 Å². The third-order valence-corrected chi connectivity index (χ3v) is 5.73. The second-order valence-corrected chi connectivity index (χ2v) is 8.87. The summed E-state index contributed by atoms with van der Waals surface area (Å²) in [6.07, 6.45) is 11.0. The van der Waals surface area contributed by atoms with Gasteiger partial charge < -0.3 is 14.6 Å². The molecule has 1 heterocycles. The summed E-state index contributed by atoms with van der Waals surface area (Å²) in [7, 11) is 0. The highest BCUT2D eigenvalue weighted by atomic mass is 16.7. The van der Waals surface area contributed by atoms with Gasteiger partial charge in [-0.3, -0.25) is 0 Å². The molecule has 0 saturated heterocycles. The maximum absolute atomic E-state index is 13.1. The summed E-state index contributed by atoms with van der Waals surface area (Å²) < 4.78 is 12.1. The van der Waals surface area contributed by atoms with Crippen molar-refractivity contribution >= 4 is 5.97 Å². The van der Waals surface area contributed by atoms with E-state index in [1.165, 1.54) is 5.57 Å². The Bertz CT molecular complexity index is 845. The molecule has 29 heavy (non-hydrogen) atoms. The molecule has 158 valence electrons. The van der Waals surface area contributed by atoms with Crippen molar-refractivity contribution in [2.45, 2.75) is 91.3 Å². The average Bonchev–Trinajstić information content (AvgIpc) is 2.60. The number of unbranched alkanes of at least 4 members (excludes halogenated alkanes) is 2. The predicted molar refractivity (Wildman–Crippen MR) is 116 cm³/mol. The normalized spacial score (nSPS) is 23.6. The van der Waals surface area contributed by atoms with E-state index in [2.05, 4.69) is 19.9 Å². The molecule has 2 atom stereocenters. The van der Waals surface area contributed by atoms with Crippen LogP contribution < -0.4 is 4.74 Å². The Balaban J connectivity index is 2.15. The number of cyclic esters (lactones) is 1. The number of benzene rings is 1. The van der Waals surface area contributed by atoms with Gasteiger partial charge in [-0.1, -0.05) is 37.0 Å². The molecule has 0 aromatic heterocycles. The van der Waals surface area contributed by atoms with Crippen LogP contribution in [0, 0.1) is 0 Å². The van der Waals surface area contributed by atoms with Crippen molar-refractivity contribution < 1.29 is 19.4 Å². The lowest BCUT2D eigenvalue weighted by Crippen LogP contribution is -2.41. The molecule has 1 aromatic carbocycles. The highest BCUT2D eigenvalue weighted by Crippen LogP contribution is 2.48. The molecule has 0 bridgehead atoms. The molecule has 4 nitrogen and oxygen atoms in total. The number of hydrogen-bond donors (Lipinski definition) is 1. The van der Waals surface area contributed by atoms with E-state index in [1.807, 2.05) is 19.9 Å². The third-order valence-electron chi connectivity index (χ3n) is 5.73. The molecular weight excluding hydrogens is 364 g/mol. The highest BCUT2D eigenvalue weighted by Gasteiger charge is 2.41. The lowest BCUT2D eigenvalue weighted by molar-refractivity contribution is -0.107. The molecule has 1 aliphatic carbocycles. The SMILES string of the molecule is CCCCCc1cc(O)c(C2C=C(C)CCC2)c2c1C(=O)OC(C)(C=C(C)C)O2. The molecule has 1 aliphatic heterocycles. The fourth-order valence-electron chi connectivity index (χ4n) is 4.54. The predicted octanol–water partition coefficient (Wildman–Crippen LogP) is 6.57. The van der Waals surface area contributed by atoms with Crippen molar-refractivity contribution in [1.82, 2.24) is 0 Å². The first-order valence-electron chi connectivity index (χ1n) is 10.9. The van der Waals surface area contributed by atoms with Crippen LogP contribution in [0.15, 0.2) is 29.4 Å². The molecule has 0 saturated carbocycles. The number of rotatable bonds is 6. The minimum Gasteiger partial charge on any atom is -0.507 e. The number of aromatic hydroxyl groups is 1. The van der Waals surface area contributed by atoms with Crippen LogP contribution >= 0.6 is 0 Å². The second kappa shape index (κ2) is 8.64. The Labute approximate surface area is 174 Å². The van der Waals surface area contributed by atoms with Crippen molar-refractivity contribution in [1.29, 1.82) is 0 Å². The Morgan fingerprint density at radius 2 is 2.07 bits per heavy atom. The zero-order chi connectivity index (χ0) is 21.2. The zero-order valence-corrected chi connectivity index (χ0v) is 18.4. The van der Waals surface area contributed by atoms with E-state index in [0.717, 1.165) is 61.6 Å². The first-order chi connectivity index (χ1) is 13.7. The average molecular weight is 399 g/mol. The number of carbonyl (C=O) groups is 1. The summed E-state index contributed by atoms with van der Waals surface area (Å²) in [5, 5.41) is 11.0. The maximum atomic E-state index is 13.1. The van der Waals surface area contributed by atoms with Crippen LogP contribution in [-0.4, -0.2) is 16.9 Å². The monoisotopic (exact) mass is 398 g/mol. The first kappa shape index (κ1) is 21.5. The van der Waals surface area contributed by atoms with Crippen LogP contribution in [0.2, 0.25) is 0 Å². The number of phenolic OH excluding ortho intramolecular Hbond substituents is 1. The summed E-state index contributed by atoms with van der Waals surface area (Å²) in [6.45, 7) is 9.93. The zero-order valence-electron chi connectivity index (χ0n) is 18.4. The van der Waals surface area contributed by atoms with Crippen molar-refractivity contribution in [3.05, 3.63) is 46.1 Å². The van der Waals surface area contributed by atoms with E-state index in [0.29, 0.717) is 11.3 Å². The van der Waals surface area contributed by atoms with Crippen molar-refractivity contribution in [3.8, 4) is 11.5 Å². The highest BCUT2D eigenvalue weighted by molar-refractivity contribution is 5.96. The van der Waals surface area contributed by atoms with Gasteiger partial charge in [-0.05, 0) is 70.6 Å². The molecule has 1 aromatic rings. The first-order valence-corrected chi connectivity index (χ1v) is 10.9. The van der Waals surface area contributed by atoms with Crippen molar-refractivity contribution in [3.63, 3.8) is 0 Å². The molecule has 0 fully saturated rings. The summed E-state index contributed by atoms with van der Waals surface area (Å²) in [5.74, 6) is -0.761. The maximum Gasteiger partial charge on any atom is 0.345 e. The third kappa shape index (κ3) is 4.68. The molecular formula is C25H34O4. The Morgan fingerprint density at radius 3 is 2.72 bits per heavy atom. The number of phenols is 1. The molecule has 1 N–H and O–H groups in total. The van der Waals surface area contributed by atoms with E-state index in [-0.39, 0.29) is 17.6 Å². The number of hydrogen-bond acceptors (Lipinski definition) is 4. The van der Waals surface area contributed by atoms with E-state index < -0.39 is 5.79 Å². The van der Waals surface area contributed by atoms with Crippen LogP contribution in [0.25, 0.3) is 0 Å². The van der Waals surface area contributed by atoms with Gasteiger partial charge in [-0.15, -0.1) is 0 Å². The van der Waals surface area contributed by atoms with E-state index in [1.54, 1.807) is 13.0 Å². The molecule has 4 heteroatoms. The molecule has 3 rings (SSSR count). The van der Waals surface area contributed by atoms with Crippen LogP contribution in [0.3, 0.4) is 0 Å². The van der Waals surface area contributed by atoms with Gasteiger partial charge in [-0.25, -0.2) is 4.79 Å². The molecule has 0 amide bonds. The summed E-state index contributed by atoms with van der Waals surface area (Å²) >= 11 is 0. The number of esters is 1. The topological polar surface area (TPSA) is 55.8 Å². The van der Waals surface area contributed by atoms with Crippen molar-refractivity contribution in [2.24, 2.45) is 0 Å². The van der Waals surface area contributed by atoms with Gasteiger partial charge in [0, 0.05) is 18.4 Å². The lowest BCUT2D eigenvalue weighted by atomic mass is 9.82. The lowest BCUT2D eigenvalue weighted by Gasteiger charge is -2.36. The summed E-state index contributed by atoms with van der Waals surface area (Å²) in [4.78, 5) is 13.1. The largest absolute Gasteiger partial charge is 0.507 e. The standard InChI is InChI=1S/C25H34O4/c1-6-7-8-11-19-14-20(26)21(18-12-9-10-17(4)13-18)23-22(19)24(27)29-25(5,28-23)15-16(2)3/h13-15,18,26H,6-12H2,1-5H3. The number of fused-ring (bicyclic) bond motifs is 1. The number of carbonyl (C=O) groups excluding carboxylic acids is 1. The van der Waals surface area contributed by atoms with Crippen LogP contribution in [0.5, 0.6) is 11.5 Å². The van der Waals surface area contributed by atoms with Gasteiger partial charge in [0.2, 0.25) is 0 Å². The van der Waals surface area contributed by atoms with Crippen molar-refractivity contribution in [2.75, 3.05) is 0 Å². The van der Waals surface area contributed by atoms with Gasteiger partial charge in [0.25, 0.3) is 5.79 Å². The van der Waals surface area contributed by atoms with E-state index in [4.69, 9.17) is 9.47 Å². The van der Waals surface area contributed by atoms with Gasteiger partial charge in [0.1, 0.15) is 17.1 Å². The number of ether oxygens (including phenoxy) is 2. The summed E-state index contributed by atoms with van der Waals surface area (Å²) in [5.41, 5.74) is 4.35. The Hall–Kier alpha value is -2.23. The van der Waals surface area contributed by atoms with Gasteiger partial charge in [-0.2, -0.15) is 0 Å². The van der Waals surface area contributed by atoms with Gasteiger partial charge in [0.05, 0.1) is 0 Å². The second-order valence-electron chi connectivity index (χ2n) is 8.87. The quantitative estimate of drug-likeness (QED) is 0.334. The van der Waals surface area contributed by atoms with E-state index in [9.17, 15) is 9.90 Å². The van der Waals surface area contributed by atoms with Gasteiger partial charge in [0.15, 0.2) is 0 Å². The minimum atomic E-state index is -1.17. The smallest absolute Gasteiger partial charge is 0.345 e. The fraction of sp³-hybridized carbons (Fsp3) is 0.560. The fourth-order valence-corrected chi connectivity index (χ4v) is 4.54. The van der Waals surface area contributed by atoms with Crippen LogP contribution in [0.4, 0.5) is 0 Å². The van der Waals surface area contributed by atoms with Gasteiger partial charge >= 0.3 is 5.97 Å². The van der Waals surface area contributed by atoms with Crippen LogP contribution in [-0.2, 0) is 11.2 Å². The van der Waals surface area contributed by atoms with Crippen LogP contribution in [0.1, 0.15) is 101 Å². The molecule has 2 unspecified atom stereocenters. The Kier molecular flexibility index (Phi) is 6.40. The molecule has 2 aliphatic rings. The summed E-state index contributed by atoms with van der Waals surface area (Å²) in [6, 6.07) is 1.76. The molecule has 0 radical (unpaired) electrons. The number of aryl methyl sites for hydroxylation is 1. The molecule has 0 spiro atoms. The minimum absolute atomic E-state index is 0.0454. The Morgan fingerprint density at radius 1 is 1.31 bits per heavy atom.